The maximum Gasteiger partial charge on any atom is 0.187 e. The Morgan fingerprint density at radius 2 is 2.30 bits per heavy atom. The molecule has 0 saturated carbocycles. The van der Waals surface area contributed by atoms with Gasteiger partial charge in [0, 0.05) is 13.2 Å². The van der Waals surface area contributed by atoms with Crippen molar-refractivity contribution in [2.75, 3.05) is 7.05 Å². The van der Waals surface area contributed by atoms with Gasteiger partial charge in [0.2, 0.25) is 0 Å². The smallest absolute Gasteiger partial charge is 0.187 e. The summed E-state index contributed by atoms with van der Waals surface area (Å²) in [5.74, 6) is -0.203. The first kappa shape index (κ1) is 7.28. The number of aliphatic hydroxyl groups excluding tert-OH is 1. The van der Waals surface area contributed by atoms with Crippen LogP contribution in [0.25, 0.3) is 0 Å². The van der Waals surface area contributed by atoms with Crippen LogP contribution in [0.2, 0.25) is 0 Å². The third-order valence-corrected chi connectivity index (χ3v) is 1.86. The predicted molar refractivity (Wildman–Crippen MR) is 37.4 cm³/mol. The predicted octanol–water partition coefficient (Wildman–Crippen LogP) is -0.236. The summed E-state index contributed by atoms with van der Waals surface area (Å²) in [6.07, 6.45) is 2.22. The molecule has 3 nitrogen and oxygen atoms in total. The molecule has 1 aliphatic rings. The third kappa shape index (κ3) is 1.04. The van der Waals surface area contributed by atoms with Gasteiger partial charge in [-0.3, -0.25) is 4.79 Å². The zero-order valence-corrected chi connectivity index (χ0v) is 6.11. The first-order chi connectivity index (χ1) is 4.63. The Morgan fingerprint density at radius 1 is 1.70 bits per heavy atom. The highest BCUT2D eigenvalue weighted by molar-refractivity contribution is 5.94. The van der Waals surface area contributed by atoms with Gasteiger partial charge in [-0.05, 0) is 13.0 Å². The Labute approximate surface area is 59.9 Å². The number of ketones is 1. The first-order valence-corrected chi connectivity index (χ1v) is 3.25. The summed E-state index contributed by atoms with van der Waals surface area (Å²) in [6.45, 7) is 1.81. The lowest BCUT2D eigenvalue weighted by atomic mass is 10.0. The first-order valence-electron chi connectivity index (χ1n) is 3.25. The van der Waals surface area contributed by atoms with Crippen LogP contribution in [-0.4, -0.2) is 35.0 Å². The Hall–Kier alpha value is -0.830. The quantitative estimate of drug-likeness (QED) is 0.506. The molecule has 1 N–H and O–H groups in total. The van der Waals surface area contributed by atoms with E-state index in [0.29, 0.717) is 0 Å². The number of carbonyl (C=O) groups excluding carboxylic acids is 1. The van der Waals surface area contributed by atoms with E-state index < -0.39 is 6.10 Å². The highest BCUT2D eigenvalue weighted by atomic mass is 16.3. The summed E-state index contributed by atoms with van der Waals surface area (Å²) in [4.78, 5) is 12.6. The Bertz CT molecular complexity index is 176. The van der Waals surface area contributed by atoms with Crippen molar-refractivity contribution in [1.82, 2.24) is 4.90 Å². The van der Waals surface area contributed by atoms with Gasteiger partial charge < -0.3 is 10.0 Å². The molecule has 0 fully saturated rings. The fraction of sp³-hybridized carbons (Fsp3) is 0.571. The maximum absolute atomic E-state index is 10.8. The van der Waals surface area contributed by atoms with Crippen molar-refractivity contribution in [2.24, 2.45) is 0 Å². The average molecular weight is 141 g/mol. The van der Waals surface area contributed by atoms with Gasteiger partial charge in [-0.2, -0.15) is 0 Å². The molecule has 56 valence electrons. The van der Waals surface area contributed by atoms with Crippen LogP contribution in [0.1, 0.15) is 6.92 Å². The van der Waals surface area contributed by atoms with Gasteiger partial charge in [0.1, 0.15) is 6.10 Å². The maximum atomic E-state index is 10.8. The molecule has 2 unspecified atom stereocenters. The van der Waals surface area contributed by atoms with Crippen molar-refractivity contribution in [3.8, 4) is 0 Å². The van der Waals surface area contributed by atoms with E-state index >= 15 is 0 Å². The number of rotatable bonds is 0. The van der Waals surface area contributed by atoms with Crippen LogP contribution < -0.4 is 0 Å². The molecule has 1 rings (SSSR count). The van der Waals surface area contributed by atoms with Crippen molar-refractivity contribution >= 4 is 5.78 Å². The molecule has 0 aromatic carbocycles. The summed E-state index contributed by atoms with van der Waals surface area (Å²) in [6, 6.07) is -0.0995. The van der Waals surface area contributed by atoms with Crippen molar-refractivity contribution in [3.63, 3.8) is 0 Å². The second kappa shape index (κ2) is 2.42. The number of nitrogens with zero attached hydrogens (tertiary/aromatic N) is 1. The van der Waals surface area contributed by atoms with E-state index in [0.717, 1.165) is 0 Å². The van der Waals surface area contributed by atoms with Crippen LogP contribution in [0, 0.1) is 0 Å². The van der Waals surface area contributed by atoms with Gasteiger partial charge in [-0.1, -0.05) is 0 Å². The van der Waals surface area contributed by atoms with Crippen LogP contribution in [0.3, 0.4) is 0 Å². The molecule has 0 saturated heterocycles. The average Bonchev–Trinajstić information content (AvgIpc) is 1.93. The molecule has 0 aliphatic carbocycles. The van der Waals surface area contributed by atoms with Gasteiger partial charge in [-0.25, -0.2) is 0 Å². The lowest BCUT2D eigenvalue weighted by molar-refractivity contribution is -0.125. The SMILES string of the molecule is CC1C(O)C(=O)C=CN1C. The second-order valence-electron chi connectivity index (χ2n) is 2.57. The molecule has 1 heterocycles. The highest BCUT2D eigenvalue weighted by Crippen LogP contribution is 2.09. The minimum Gasteiger partial charge on any atom is -0.383 e. The van der Waals surface area contributed by atoms with Gasteiger partial charge >= 0.3 is 0 Å². The van der Waals surface area contributed by atoms with Crippen LogP contribution >= 0.6 is 0 Å². The Balaban J connectivity index is 2.79. The van der Waals surface area contributed by atoms with Crippen molar-refractivity contribution in [1.29, 1.82) is 0 Å². The fourth-order valence-corrected chi connectivity index (χ4v) is 0.886. The molecule has 1 aliphatic heterocycles. The minimum atomic E-state index is -0.852. The molecule has 10 heavy (non-hydrogen) atoms. The molecule has 3 heteroatoms. The van der Waals surface area contributed by atoms with E-state index in [1.165, 1.54) is 6.08 Å². The van der Waals surface area contributed by atoms with E-state index in [9.17, 15) is 9.90 Å². The number of hydrogen-bond acceptors (Lipinski definition) is 3. The van der Waals surface area contributed by atoms with Crippen molar-refractivity contribution in [3.05, 3.63) is 12.3 Å². The zero-order chi connectivity index (χ0) is 7.72. The molecular formula is C7H11NO2. The van der Waals surface area contributed by atoms with E-state index in [1.54, 1.807) is 6.20 Å². The molecule has 0 aromatic rings. The van der Waals surface area contributed by atoms with Crippen LogP contribution in [-0.2, 0) is 4.79 Å². The topological polar surface area (TPSA) is 40.5 Å². The minimum absolute atomic E-state index is 0.0995. The molecule has 0 aromatic heterocycles. The van der Waals surface area contributed by atoms with Gasteiger partial charge in [0.05, 0.1) is 6.04 Å². The summed E-state index contributed by atoms with van der Waals surface area (Å²) in [5, 5.41) is 9.17. The molecule has 0 radical (unpaired) electrons. The summed E-state index contributed by atoms with van der Waals surface area (Å²) < 4.78 is 0. The Kier molecular flexibility index (Phi) is 1.76. The summed E-state index contributed by atoms with van der Waals surface area (Å²) >= 11 is 0. The van der Waals surface area contributed by atoms with Crippen LogP contribution in [0.4, 0.5) is 0 Å². The molecule has 0 bridgehead atoms. The Morgan fingerprint density at radius 3 is 2.80 bits per heavy atom. The third-order valence-electron chi connectivity index (χ3n) is 1.86. The molecule has 0 amide bonds. The lowest BCUT2D eigenvalue weighted by Gasteiger charge is -2.29. The van der Waals surface area contributed by atoms with E-state index in [-0.39, 0.29) is 11.8 Å². The zero-order valence-electron chi connectivity index (χ0n) is 6.11. The van der Waals surface area contributed by atoms with Crippen molar-refractivity contribution in [2.45, 2.75) is 19.1 Å². The molecular weight excluding hydrogens is 130 g/mol. The number of hydrogen-bond donors (Lipinski definition) is 1. The van der Waals surface area contributed by atoms with E-state index in [1.807, 2.05) is 18.9 Å². The van der Waals surface area contributed by atoms with Gasteiger partial charge in [0.15, 0.2) is 5.78 Å². The monoisotopic (exact) mass is 141 g/mol. The second-order valence-corrected chi connectivity index (χ2v) is 2.57. The summed E-state index contributed by atoms with van der Waals surface area (Å²) in [5.41, 5.74) is 0. The van der Waals surface area contributed by atoms with Crippen LogP contribution in [0.15, 0.2) is 12.3 Å². The lowest BCUT2D eigenvalue weighted by Crippen LogP contribution is -2.43. The fourth-order valence-electron chi connectivity index (χ4n) is 0.886. The summed E-state index contributed by atoms with van der Waals surface area (Å²) in [7, 11) is 1.83. The highest BCUT2D eigenvalue weighted by Gasteiger charge is 2.25. The standard InChI is InChI=1S/C7H11NO2/c1-5-7(10)6(9)3-4-8(5)2/h3-5,7,10H,1-2H3. The van der Waals surface area contributed by atoms with Gasteiger partial charge in [0.25, 0.3) is 0 Å². The van der Waals surface area contributed by atoms with E-state index in [4.69, 9.17) is 0 Å². The van der Waals surface area contributed by atoms with Crippen LogP contribution in [0.5, 0.6) is 0 Å². The molecule has 0 spiro atoms. The largest absolute Gasteiger partial charge is 0.383 e. The number of carbonyl (C=O) groups is 1. The normalized spacial score (nSPS) is 33.1. The number of aliphatic hydroxyl groups is 1. The molecule has 2 atom stereocenters. The number of likely N-dealkylation sites (N-methyl/N-ethyl adjacent to an activating group) is 1. The van der Waals surface area contributed by atoms with E-state index in [2.05, 4.69) is 0 Å². The van der Waals surface area contributed by atoms with Gasteiger partial charge in [-0.15, -0.1) is 0 Å². The van der Waals surface area contributed by atoms with Crippen molar-refractivity contribution < 1.29 is 9.90 Å².